The number of nitrogens with two attached hydrogens (primary N) is 1. The van der Waals surface area contributed by atoms with Crippen LogP contribution in [0.1, 0.15) is 12.0 Å². The molecule has 0 unspecified atom stereocenters. The molecule has 0 saturated carbocycles. The zero-order valence-electron chi connectivity index (χ0n) is 10.6. The number of H-pyrrole nitrogens is 1. The normalized spacial score (nSPS) is 10.4. The van der Waals surface area contributed by atoms with Gasteiger partial charge in [0.25, 0.3) is 5.56 Å². The summed E-state index contributed by atoms with van der Waals surface area (Å²) < 4.78 is 0. The van der Waals surface area contributed by atoms with Crippen LogP contribution >= 0.6 is 0 Å². The van der Waals surface area contributed by atoms with Crippen LogP contribution in [-0.2, 0) is 6.54 Å². The standard InChI is InChI=1S/C13H17N5O/c14-4-2-8-18(10-11-3-1-5-15-9-11)12-13(19)17-7-6-16-12/h1,3,5-7,9H,2,4,8,10,14H2,(H,17,19). The predicted octanol–water partition coefficient (Wildman–Crippen LogP) is 0.520. The van der Waals surface area contributed by atoms with Gasteiger partial charge in [-0.25, -0.2) is 4.98 Å². The van der Waals surface area contributed by atoms with E-state index < -0.39 is 0 Å². The molecule has 100 valence electrons. The first kappa shape index (κ1) is 13.2. The molecule has 0 radical (unpaired) electrons. The highest BCUT2D eigenvalue weighted by Gasteiger charge is 2.11. The lowest BCUT2D eigenvalue weighted by molar-refractivity contribution is 0.719. The monoisotopic (exact) mass is 259 g/mol. The lowest BCUT2D eigenvalue weighted by Gasteiger charge is -2.22. The van der Waals surface area contributed by atoms with Crippen molar-refractivity contribution >= 4 is 5.82 Å². The third-order valence-corrected chi connectivity index (χ3v) is 2.72. The smallest absolute Gasteiger partial charge is 0.290 e. The molecule has 6 nitrogen and oxygen atoms in total. The van der Waals surface area contributed by atoms with Gasteiger partial charge in [-0.3, -0.25) is 9.78 Å². The molecule has 0 aliphatic heterocycles. The summed E-state index contributed by atoms with van der Waals surface area (Å²) >= 11 is 0. The average molecular weight is 259 g/mol. The highest BCUT2D eigenvalue weighted by atomic mass is 16.1. The van der Waals surface area contributed by atoms with Crippen molar-refractivity contribution in [3.8, 4) is 0 Å². The van der Waals surface area contributed by atoms with Crippen LogP contribution in [0.2, 0.25) is 0 Å². The SMILES string of the molecule is NCCCN(Cc1cccnc1)c1ncc[nH]c1=O. The van der Waals surface area contributed by atoms with Gasteiger partial charge >= 0.3 is 0 Å². The van der Waals surface area contributed by atoms with Crippen molar-refractivity contribution in [2.24, 2.45) is 5.73 Å². The van der Waals surface area contributed by atoms with Crippen LogP contribution in [0, 0.1) is 0 Å². The van der Waals surface area contributed by atoms with Gasteiger partial charge in [-0.1, -0.05) is 6.07 Å². The second kappa shape index (κ2) is 6.65. The number of nitrogens with zero attached hydrogens (tertiary/aromatic N) is 3. The summed E-state index contributed by atoms with van der Waals surface area (Å²) in [6, 6.07) is 3.85. The van der Waals surface area contributed by atoms with Crippen molar-refractivity contribution in [2.75, 3.05) is 18.0 Å². The van der Waals surface area contributed by atoms with Gasteiger partial charge in [0.15, 0.2) is 5.82 Å². The molecular formula is C13H17N5O. The molecule has 0 aromatic carbocycles. The van der Waals surface area contributed by atoms with Crippen LogP contribution in [0.15, 0.2) is 41.7 Å². The topological polar surface area (TPSA) is 87.9 Å². The van der Waals surface area contributed by atoms with Crippen LogP contribution in [0.25, 0.3) is 0 Å². The fourth-order valence-corrected chi connectivity index (χ4v) is 1.82. The Labute approximate surface area is 111 Å². The van der Waals surface area contributed by atoms with Crippen LogP contribution in [0.3, 0.4) is 0 Å². The van der Waals surface area contributed by atoms with Crippen molar-refractivity contribution in [2.45, 2.75) is 13.0 Å². The first-order valence-corrected chi connectivity index (χ1v) is 6.19. The zero-order chi connectivity index (χ0) is 13.5. The summed E-state index contributed by atoms with van der Waals surface area (Å²) in [5.41, 5.74) is 6.38. The van der Waals surface area contributed by atoms with E-state index >= 15 is 0 Å². The highest BCUT2D eigenvalue weighted by molar-refractivity contribution is 5.36. The number of hydrogen-bond acceptors (Lipinski definition) is 5. The van der Waals surface area contributed by atoms with Gasteiger partial charge in [-0.15, -0.1) is 0 Å². The summed E-state index contributed by atoms with van der Waals surface area (Å²) in [5.74, 6) is 0.416. The minimum absolute atomic E-state index is 0.191. The number of anilines is 1. The summed E-state index contributed by atoms with van der Waals surface area (Å²) in [6.45, 7) is 1.85. The third-order valence-electron chi connectivity index (χ3n) is 2.72. The molecule has 2 heterocycles. The van der Waals surface area contributed by atoms with Crippen molar-refractivity contribution in [3.05, 3.63) is 52.8 Å². The number of aromatic amines is 1. The fraction of sp³-hybridized carbons (Fsp3) is 0.308. The van der Waals surface area contributed by atoms with E-state index in [1.165, 1.54) is 6.20 Å². The van der Waals surface area contributed by atoms with Crippen molar-refractivity contribution in [3.63, 3.8) is 0 Å². The summed E-state index contributed by atoms with van der Waals surface area (Å²) in [4.78, 5) is 24.6. The Morgan fingerprint density at radius 3 is 2.95 bits per heavy atom. The van der Waals surface area contributed by atoms with Gasteiger partial charge in [0.1, 0.15) is 0 Å². The number of rotatable bonds is 6. The molecule has 19 heavy (non-hydrogen) atoms. The summed E-state index contributed by atoms with van der Waals surface area (Å²) in [6.07, 6.45) is 7.41. The van der Waals surface area contributed by atoms with Gasteiger partial charge < -0.3 is 15.6 Å². The van der Waals surface area contributed by atoms with E-state index in [4.69, 9.17) is 5.73 Å². The molecular weight excluding hydrogens is 242 g/mol. The molecule has 2 aromatic heterocycles. The van der Waals surface area contributed by atoms with E-state index in [2.05, 4.69) is 15.0 Å². The average Bonchev–Trinajstić information content (AvgIpc) is 2.45. The summed E-state index contributed by atoms with van der Waals surface area (Å²) in [7, 11) is 0. The Morgan fingerprint density at radius 2 is 2.26 bits per heavy atom. The predicted molar refractivity (Wildman–Crippen MR) is 73.8 cm³/mol. The lowest BCUT2D eigenvalue weighted by atomic mass is 10.2. The molecule has 0 amide bonds. The fourth-order valence-electron chi connectivity index (χ4n) is 1.82. The molecule has 0 aliphatic carbocycles. The number of pyridine rings is 1. The first-order chi connectivity index (χ1) is 9.31. The van der Waals surface area contributed by atoms with Gasteiger partial charge in [0.05, 0.1) is 0 Å². The molecule has 0 saturated heterocycles. The molecule has 0 atom stereocenters. The molecule has 6 heteroatoms. The quantitative estimate of drug-likeness (QED) is 0.789. The summed E-state index contributed by atoms with van der Waals surface area (Å²) in [5, 5.41) is 0. The van der Waals surface area contributed by atoms with E-state index in [1.807, 2.05) is 17.0 Å². The van der Waals surface area contributed by atoms with E-state index in [0.29, 0.717) is 25.5 Å². The van der Waals surface area contributed by atoms with Crippen LogP contribution in [0.5, 0.6) is 0 Å². The van der Waals surface area contributed by atoms with Crippen LogP contribution in [-0.4, -0.2) is 28.0 Å². The first-order valence-electron chi connectivity index (χ1n) is 6.19. The number of aromatic nitrogens is 3. The van der Waals surface area contributed by atoms with Gasteiger partial charge in [-0.05, 0) is 24.6 Å². The molecule has 0 bridgehead atoms. The Balaban J connectivity index is 2.21. The molecule has 0 fully saturated rings. The van der Waals surface area contributed by atoms with E-state index in [0.717, 1.165) is 12.0 Å². The van der Waals surface area contributed by atoms with Crippen molar-refractivity contribution in [1.82, 2.24) is 15.0 Å². The zero-order valence-corrected chi connectivity index (χ0v) is 10.6. The van der Waals surface area contributed by atoms with Crippen LogP contribution in [0.4, 0.5) is 5.82 Å². The molecule has 3 N–H and O–H groups in total. The largest absolute Gasteiger partial charge is 0.348 e. The van der Waals surface area contributed by atoms with E-state index in [-0.39, 0.29) is 5.56 Å². The van der Waals surface area contributed by atoms with Gasteiger partial charge in [0, 0.05) is 37.9 Å². The Kier molecular flexibility index (Phi) is 4.63. The number of nitrogens with one attached hydrogen (secondary N) is 1. The molecule has 0 spiro atoms. The molecule has 2 rings (SSSR count). The van der Waals surface area contributed by atoms with Crippen LogP contribution < -0.4 is 16.2 Å². The highest BCUT2D eigenvalue weighted by Crippen LogP contribution is 2.09. The minimum atomic E-state index is -0.191. The molecule has 0 aliphatic rings. The van der Waals surface area contributed by atoms with Crippen molar-refractivity contribution in [1.29, 1.82) is 0 Å². The van der Waals surface area contributed by atoms with Crippen molar-refractivity contribution < 1.29 is 0 Å². The maximum Gasteiger partial charge on any atom is 0.290 e. The van der Waals surface area contributed by atoms with E-state index in [1.54, 1.807) is 18.6 Å². The Hall–Kier alpha value is -2.21. The van der Waals surface area contributed by atoms with E-state index in [9.17, 15) is 4.79 Å². The second-order valence-electron chi connectivity index (χ2n) is 4.17. The second-order valence-corrected chi connectivity index (χ2v) is 4.17. The lowest BCUT2D eigenvalue weighted by Crippen LogP contribution is -2.31. The Morgan fingerprint density at radius 1 is 1.37 bits per heavy atom. The minimum Gasteiger partial charge on any atom is -0.348 e. The third kappa shape index (κ3) is 3.62. The maximum absolute atomic E-state index is 11.8. The maximum atomic E-state index is 11.8. The van der Waals surface area contributed by atoms with Gasteiger partial charge in [0.2, 0.25) is 0 Å². The van der Waals surface area contributed by atoms with Gasteiger partial charge in [-0.2, -0.15) is 0 Å². The number of hydrogen-bond donors (Lipinski definition) is 2. The molecule has 2 aromatic rings. The Bertz CT molecular complexity index is 554.